The van der Waals surface area contributed by atoms with Gasteiger partial charge in [0, 0.05) is 25.7 Å². The molecule has 1 aliphatic heterocycles. The molecule has 1 aliphatic rings. The molecule has 2 N–H and O–H groups in total. The van der Waals surface area contributed by atoms with Crippen LogP contribution in [0.25, 0.3) is 0 Å². The van der Waals surface area contributed by atoms with Crippen LogP contribution in [-0.4, -0.2) is 50.8 Å². The lowest BCUT2D eigenvalue weighted by Gasteiger charge is -2.24. The van der Waals surface area contributed by atoms with Gasteiger partial charge in [-0.2, -0.15) is 4.31 Å². The fourth-order valence-electron chi connectivity index (χ4n) is 3.36. The zero-order valence-electron chi connectivity index (χ0n) is 16.7. The number of methoxy groups -OCH3 is 1. The van der Waals surface area contributed by atoms with Crippen molar-refractivity contribution in [3.05, 3.63) is 60.2 Å². The summed E-state index contributed by atoms with van der Waals surface area (Å²) in [5.41, 5.74) is 0.881. The van der Waals surface area contributed by atoms with Crippen LogP contribution < -0.4 is 15.4 Å². The highest BCUT2D eigenvalue weighted by Crippen LogP contribution is 2.26. The van der Waals surface area contributed by atoms with Gasteiger partial charge in [0.25, 0.3) is 0 Å². The van der Waals surface area contributed by atoms with Crippen LogP contribution in [-0.2, 0) is 26.2 Å². The fourth-order valence-corrected chi connectivity index (χ4v) is 5.05. The van der Waals surface area contributed by atoms with E-state index in [1.165, 1.54) is 23.5 Å². The van der Waals surface area contributed by atoms with Gasteiger partial charge in [-0.15, -0.1) is 0 Å². The van der Waals surface area contributed by atoms with Crippen molar-refractivity contribution in [1.82, 2.24) is 14.9 Å². The Morgan fingerprint density at radius 1 is 1.03 bits per heavy atom. The summed E-state index contributed by atoms with van der Waals surface area (Å²) in [5, 5.41) is 5.11. The van der Waals surface area contributed by atoms with E-state index in [4.69, 9.17) is 4.74 Å². The Kier molecular flexibility index (Phi) is 7.07. The van der Waals surface area contributed by atoms with E-state index in [-0.39, 0.29) is 18.0 Å². The number of ether oxygens (including phenoxy) is 1. The van der Waals surface area contributed by atoms with Crippen molar-refractivity contribution >= 4 is 21.8 Å². The third-order valence-corrected chi connectivity index (χ3v) is 6.96. The van der Waals surface area contributed by atoms with Crippen LogP contribution in [0.2, 0.25) is 0 Å². The standard InChI is InChI=1S/C21H25N3O5S/c1-29-18-9-11-19(12-10-18)30(27,28)24-13-5-8-17(24)15-23-21(26)20(25)22-14-16-6-3-2-4-7-16/h2-4,6-7,9-12,17H,5,8,13-15H2,1H3,(H,22,25)(H,23,26)/t17-/m1/s1. The first-order chi connectivity index (χ1) is 14.4. The summed E-state index contributed by atoms with van der Waals surface area (Å²) in [7, 11) is -2.19. The summed E-state index contributed by atoms with van der Waals surface area (Å²) in [4.78, 5) is 24.3. The Morgan fingerprint density at radius 3 is 2.37 bits per heavy atom. The number of amides is 2. The summed E-state index contributed by atoms with van der Waals surface area (Å²) < 4.78 is 32.4. The minimum atomic E-state index is -3.70. The highest BCUT2D eigenvalue weighted by atomic mass is 32.2. The number of sulfonamides is 1. The van der Waals surface area contributed by atoms with E-state index < -0.39 is 27.9 Å². The SMILES string of the molecule is COc1ccc(S(=O)(=O)N2CCC[C@@H]2CNC(=O)C(=O)NCc2ccccc2)cc1. The Morgan fingerprint density at radius 2 is 1.70 bits per heavy atom. The van der Waals surface area contributed by atoms with Crippen molar-refractivity contribution in [2.75, 3.05) is 20.2 Å². The van der Waals surface area contributed by atoms with Crippen molar-refractivity contribution < 1.29 is 22.7 Å². The number of hydrogen-bond acceptors (Lipinski definition) is 5. The first-order valence-corrected chi connectivity index (χ1v) is 11.1. The minimum absolute atomic E-state index is 0.0764. The molecule has 30 heavy (non-hydrogen) atoms. The molecule has 160 valence electrons. The van der Waals surface area contributed by atoms with Gasteiger partial charge in [-0.1, -0.05) is 30.3 Å². The largest absolute Gasteiger partial charge is 0.497 e. The van der Waals surface area contributed by atoms with Gasteiger partial charge in [0.15, 0.2) is 0 Å². The Hall–Kier alpha value is -2.91. The lowest BCUT2D eigenvalue weighted by molar-refractivity contribution is -0.139. The molecule has 1 fully saturated rings. The van der Waals surface area contributed by atoms with Crippen LogP contribution in [0.3, 0.4) is 0 Å². The van der Waals surface area contributed by atoms with Crippen LogP contribution in [0.5, 0.6) is 5.75 Å². The molecule has 0 aliphatic carbocycles. The number of hydrogen-bond donors (Lipinski definition) is 2. The van der Waals surface area contributed by atoms with E-state index in [1.54, 1.807) is 12.1 Å². The van der Waals surface area contributed by atoms with Gasteiger partial charge in [0.1, 0.15) is 5.75 Å². The lowest BCUT2D eigenvalue weighted by atomic mass is 10.2. The van der Waals surface area contributed by atoms with Crippen molar-refractivity contribution in [3.8, 4) is 5.75 Å². The number of carbonyl (C=O) groups is 2. The maximum Gasteiger partial charge on any atom is 0.309 e. The maximum atomic E-state index is 13.0. The first kappa shape index (κ1) is 21.8. The topological polar surface area (TPSA) is 105 Å². The molecular formula is C21H25N3O5S. The smallest absolute Gasteiger partial charge is 0.309 e. The quantitative estimate of drug-likeness (QED) is 0.643. The van der Waals surface area contributed by atoms with E-state index in [1.807, 2.05) is 30.3 Å². The summed E-state index contributed by atoms with van der Waals surface area (Å²) in [6.45, 7) is 0.691. The zero-order chi connectivity index (χ0) is 21.6. The molecule has 0 saturated carbocycles. The van der Waals surface area contributed by atoms with Crippen molar-refractivity contribution in [2.45, 2.75) is 30.3 Å². The third-order valence-electron chi connectivity index (χ3n) is 4.99. The van der Waals surface area contributed by atoms with Gasteiger partial charge in [-0.25, -0.2) is 8.42 Å². The highest BCUT2D eigenvalue weighted by molar-refractivity contribution is 7.89. The minimum Gasteiger partial charge on any atom is -0.497 e. The molecule has 0 bridgehead atoms. The van der Waals surface area contributed by atoms with Gasteiger partial charge in [0.2, 0.25) is 10.0 Å². The second-order valence-electron chi connectivity index (χ2n) is 6.97. The van der Waals surface area contributed by atoms with Crippen LogP contribution in [0.15, 0.2) is 59.5 Å². The molecule has 1 atom stereocenters. The van der Waals surface area contributed by atoms with Gasteiger partial charge in [-0.3, -0.25) is 9.59 Å². The predicted octanol–water partition coefficient (Wildman–Crippen LogP) is 1.28. The molecule has 8 nitrogen and oxygen atoms in total. The summed E-state index contributed by atoms with van der Waals surface area (Å²) in [6, 6.07) is 15.0. The molecule has 9 heteroatoms. The number of nitrogens with one attached hydrogen (secondary N) is 2. The van der Waals surface area contributed by atoms with Gasteiger partial charge >= 0.3 is 11.8 Å². The maximum absolute atomic E-state index is 13.0. The average molecular weight is 432 g/mol. The molecule has 0 spiro atoms. The molecular weight excluding hydrogens is 406 g/mol. The van der Waals surface area contributed by atoms with Gasteiger partial charge in [-0.05, 0) is 42.7 Å². The van der Waals surface area contributed by atoms with Gasteiger partial charge in [0.05, 0.1) is 12.0 Å². The van der Waals surface area contributed by atoms with Crippen LogP contribution in [0, 0.1) is 0 Å². The Labute approximate surface area is 176 Å². The van der Waals surface area contributed by atoms with Crippen LogP contribution >= 0.6 is 0 Å². The molecule has 2 aromatic carbocycles. The fraction of sp³-hybridized carbons (Fsp3) is 0.333. The lowest BCUT2D eigenvalue weighted by Crippen LogP contribution is -2.46. The normalized spacial score (nSPS) is 16.8. The number of benzene rings is 2. The van der Waals surface area contributed by atoms with E-state index in [9.17, 15) is 18.0 Å². The van der Waals surface area contributed by atoms with Crippen molar-refractivity contribution in [1.29, 1.82) is 0 Å². The van der Waals surface area contributed by atoms with Crippen molar-refractivity contribution in [2.24, 2.45) is 0 Å². The summed E-state index contributed by atoms with van der Waals surface area (Å²) in [5.74, 6) is -0.957. The summed E-state index contributed by atoms with van der Waals surface area (Å²) in [6.07, 6.45) is 1.30. The second kappa shape index (κ2) is 9.73. The molecule has 0 unspecified atom stereocenters. The van der Waals surface area contributed by atoms with Crippen molar-refractivity contribution in [3.63, 3.8) is 0 Å². The average Bonchev–Trinajstić information content (AvgIpc) is 3.26. The Bertz CT molecular complexity index is 977. The van der Waals surface area contributed by atoms with Gasteiger partial charge < -0.3 is 15.4 Å². The molecule has 0 aromatic heterocycles. The number of nitrogens with zero attached hydrogens (tertiary/aromatic N) is 1. The molecule has 3 rings (SSSR count). The number of rotatable bonds is 7. The van der Waals surface area contributed by atoms with E-state index in [0.717, 1.165) is 5.56 Å². The van der Waals surface area contributed by atoms with E-state index in [0.29, 0.717) is 25.1 Å². The second-order valence-corrected chi connectivity index (χ2v) is 8.86. The van der Waals surface area contributed by atoms with Crippen LogP contribution in [0.4, 0.5) is 0 Å². The zero-order valence-corrected chi connectivity index (χ0v) is 17.5. The summed E-state index contributed by atoms with van der Waals surface area (Å²) >= 11 is 0. The molecule has 2 aromatic rings. The molecule has 1 heterocycles. The third kappa shape index (κ3) is 5.17. The van der Waals surface area contributed by atoms with E-state index in [2.05, 4.69) is 10.6 Å². The van der Waals surface area contributed by atoms with Crippen LogP contribution in [0.1, 0.15) is 18.4 Å². The number of carbonyl (C=O) groups excluding carboxylic acids is 2. The molecule has 1 saturated heterocycles. The first-order valence-electron chi connectivity index (χ1n) is 9.67. The van der Waals surface area contributed by atoms with E-state index >= 15 is 0 Å². The predicted molar refractivity (Wildman–Crippen MR) is 111 cm³/mol. The Balaban J connectivity index is 1.56. The molecule has 2 amide bonds. The molecule has 0 radical (unpaired) electrons. The monoisotopic (exact) mass is 431 g/mol. The highest BCUT2D eigenvalue weighted by Gasteiger charge is 2.35.